The number of carbonyl (C=O) groups excluding carboxylic acids is 1. The van der Waals surface area contributed by atoms with E-state index in [4.69, 9.17) is 4.74 Å². The summed E-state index contributed by atoms with van der Waals surface area (Å²) in [6.07, 6.45) is 4.09. The van der Waals surface area contributed by atoms with Gasteiger partial charge in [0.25, 0.3) is 0 Å². The van der Waals surface area contributed by atoms with Crippen LogP contribution < -0.4 is 5.32 Å². The molecule has 2 N–H and O–H groups in total. The van der Waals surface area contributed by atoms with Crippen LogP contribution in [0.3, 0.4) is 0 Å². The predicted octanol–water partition coefficient (Wildman–Crippen LogP) is 3.62. The maximum absolute atomic E-state index is 12.5. The number of ether oxygens (including phenoxy) is 1. The van der Waals surface area contributed by atoms with E-state index in [1.165, 1.54) is 0 Å². The molecule has 0 saturated heterocycles. The van der Waals surface area contributed by atoms with Gasteiger partial charge in [-0.05, 0) is 50.8 Å². The summed E-state index contributed by atoms with van der Waals surface area (Å²) in [6.45, 7) is 2.03. The van der Waals surface area contributed by atoms with E-state index >= 15 is 0 Å². The first-order chi connectivity index (χ1) is 10.2. The molecule has 1 saturated carbocycles. The predicted molar refractivity (Wildman–Crippen MR) is 84.4 cm³/mol. The summed E-state index contributed by atoms with van der Waals surface area (Å²) >= 11 is 0. The van der Waals surface area contributed by atoms with E-state index in [0.29, 0.717) is 6.10 Å². The number of hydrogen-bond acceptors (Lipinski definition) is 2. The van der Waals surface area contributed by atoms with Crippen molar-refractivity contribution in [3.63, 3.8) is 0 Å². The molecule has 0 radical (unpaired) electrons. The lowest BCUT2D eigenvalue weighted by molar-refractivity contribution is -0.121. The topological polar surface area (TPSA) is 54.1 Å². The second-order valence-corrected chi connectivity index (χ2v) is 5.92. The van der Waals surface area contributed by atoms with E-state index in [9.17, 15) is 4.79 Å². The molecule has 1 aliphatic carbocycles. The molecule has 3 rings (SSSR count). The zero-order valence-corrected chi connectivity index (χ0v) is 12.6. The first-order valence-electron chi connectivity index (χ1n) is 7.59. The van der Waals surface area contributed by atoms with Crippen LogP contribution in [-0.2, 0) is 9.53 Å². The number of fused-ring (bicyclic) bond motifs is 1. The molecule has 1 aromatic heterocycles. The number of aromatic nitrogens is 1. The summed E-state index contributed by atoms with van der Waals surface area (Å²) < 4.78 is 5.36. The monoisotopic (exact) mass is 286 g/mol. The molecule has 4 heteroatoms. The number of carbonyl (C=O) groups is 1. The van der Waals surface area contributed by atoms with Gasteiger partial charge in [0.05, 0.1) is 11.8 Å². The molecule has 4 nitrogen and oxygen atoms in total. The molecule has 2 aromatic rings. The Morgan fingerprint density at radius 3 is 2.76 bits per heavy atom. The number of hydrogen-bond donors (Lipinski definition) is 2. The highest BCUT2D eigenvalue weighted by Crippen LogP contribution is 2.29. The van der Waals surface area contributed by atoms with Crippen molar-refractivity contribution in [2.24, 2.45) is 5.92 Å². The first kappa shape index (κ1) is 14.1. The van der Waals surface area contributed by atoms with Crippen molar-refractivity contribution < 1.29 is 9.53 Å². The van der Waals surface area contributed by atoms with Crippen molar-refractivity contribution in [1.29, 1.82) is 0 Å². The Balaban J connectivity index is 1.72. The van der Waals surface area contributed by atoms with E-state index in [1.54, 1.807) is 7.11 Å². The molecule has 21 heavy (non-hydrogen) atoms. The van der Waals surface area contributed by atoms with Gasteiger partial charge >= 0.3 is 0 Å². The average Bonchev–Trinajstić information content (AvgIpc) is 2.88. The van der Waals surface area contributed by atoms with Gasteiger partial charge in [-0.15, -0.1) is 0 Å². The molecule has 1 heterocycles. The third-order valence-electron chi connectivity index (χ3n) is 4.44. The zero-order valence-electron chi connectivity index (χ0n) is 12.6. The van der Waals surface area contributed by atoms with Crippen LogP contribution in [0.4, 0.5) is 5.69 Å². The number of aromatic amines is 1. The average molecular weight is 286 g/mol. The highest BCUT2D eigenvalue weighted by atomic mass is 16.5. The van der Waals surface area contributed by atoms with E-state index in [0.717, 1.165) is 48.0 Å². The summed E-state index contributed by atoms with van der Waals surface area (Å²) in [6, 6.07) is 8.04. The summed E-state index contributed by atoms with van der Waals surface area (Å²) in [7, 11) is 1.75. The van der Waals surface area contributed by atoms with Crippen LogP contribution in [0.1, 0.15) is 31.4 Å². The quantitative estimate of drug-likeness (QED) is 0.905. The minimum absolute atomic E-state index is 0.103. The van der Waals surface area contributed by atoms with Crippen molar-refractivity contribution in [2.45, 2.75) is 38.7 Å². The zero-order chi connectivity index (χ0) is 14.8. The molecule has 1 aromatic carbocycles. The van der Waals surface area contributed by atoms with Crippen molar-refractivity contribution in [2.75, 3.05) is 12.4 Å². The van der Waals surface area contributed by atoms with E-state index in [-0.39, 0.29) is 11.8 Å². The van der Waals surface area contributed by atoms with Gasteiger partial charge in [0.15, 0.2) is 0 Å². The summed E-state index contributed by atoms with van der Waals surface area (Å²) in [5.74, 6) is 0.239. The van der Waals surface area contributed by atoms with Gasteiger partial charge in [-0.3, -0.25) is 4.79 Å². The van der Waals surface area contributed by atoms with E-state index < -0.39 is 0 Å². The van der Waals surface area contributed by atoms with Gasteiger partial charge in [0.1, 0.15) is 0 Å². The maximum atomic E-state index is 12.5. The molecule has 1 fully saturated rings. The van der Waals surface area contributed by atoms with Crippen LogP contribution in [0.15, 0.2) is 24.3 Å². The number of methoxy groups -OCH3 is 1. The van der Waals surface area contributed by atoms with Gasteiger partial charge in [0.2, 0.25) is 5.91 Å². The second kappa shape index (κ2) is 5.90. The Morgan fingerprint density at radius 2 is 2.05 bits per heavy atom. The third kappa shape index (κ3) is 2.95. The smallest absolute Gasteiger partial charge is 0.227 e. The number of nitrogens with one attached hydrogen (secondary N) is 2. The Hall–Kier alpha value is -1.81. The van der Waals surface area contributed by atoms with Crippen molar-refractivity contribution in [3.05, 3.63) is 30.0 Å². The minimum atomic E-state index is 0.103. The van der Waals surface area contributed by atoms with E-state index in [1.807, 2.05) is 25.1 Å². The molecule has 0 unspecified atom stereocenters. The number of benzene rings is 1. The molecule has 0 bridgehead atoms. The fourth-order valence-electron chi connectivity index (χ4n) is 3.20. The largest absolute Gasteiger partial charge is 0.381 e. The Bertz CT molecular complexity index is 639. The molecule has 112 valence electrons. The lowest BCUT2D eigenvalue weighted by atomic mass is 9.86. The summed E-state index contributed by atoms with van der Waals surface area (Å²) in [4.78, 5) is 15.7. The van der Waals surface area contributed by atoms with Gasteiger partial charge in [0, 0.05) is 29.6 Å². The third-order valence-corrected chi connectivity index (χ3v) is 4.44. The lowest BCUT2D eigenvalue weighted by Crippen LogP contribution is -2.29. The fourth-order valence-corrected chi connectivity index (χ4v) is 3.20. The molecule has 0 spiro atoms. The fraction of sp³-hybridized carbons (Fsp3) is 0.471. The lowest BCUT2D eigenvalue weighted by Gasteiger charge is -2.26. The molecular weight excluding hydrogens is 264 g/mol. The van der Waals surface area contributed by atoms with Crippen LogP contribution in [0.25, 0.3) is 10.9 Å². The van der Waals surface area contributed by atoms with E-state index in [2.05, 4.69) is 16.4 Å². The van der Waals surface area contributed by atoms with Crippen molar-refractivity contribution in [1.82, 2.24) is 4.98 Å². The number of H-pyrrole nitrogens is 1. The van der Waals surface area contributed by atoms with Crippen LogP contribution >= 0.6 is 0 Å². The van der Waals surface area contributed by atoms with Crippen LogP contribution in [0.5, 0.6) is 0 Å². The highest BCUT2D eigenvalue weighted by molar-refractivity contribution is 6.02. The highest BCUT2D eigenvalue weighted by Gasteiger charge is 2.26. The normalized spacial score (nSPS) is 22.4. The van der Waals surface area contributed by atoms with Crippen LogP contribution in [0, 0.1) is 12.8 Å². The molecular formula is C17H22N2O2. The number of aryl methyl sites for hydroxylation is 1. The Morgan fingerprint density at radius 1 is 1.29 bits per heavy atom. The number of rotatable bonds is 3. The molecule has 0 atom stereocenters. The van der Waals surface area contributed by atoms with Gasteiger partial charge in [-0.1, -0.05) is 6.07 Å². The van der Waals surface area contributed by atoms with Crippen molar-refractivity contribution >= 4 is 22.5 Å². The standard InChI is InChI=1S/C17H22N2O2/c1-11-10-14-15(18-11)4-3-5-16(14)19-17(20)12-6-8-13(21-2)9-7-12/h3-5,10,12-13,18H,6-9H2,1-2H3,(H,19,20). The Labute approximate surface area is 124 Å². The van der Waals surface area contributed by atoms with Crippen LogP contribution in [-0.4, -0.2) is 24.1 Å². The van der Waals surface area contributed by atoms with Crippen molar-refractivity contribution in [3.8, 4) is 0 Å². The second-order valence-electron chi connectivity index (χ2n) is 5.92. The number of anilines is 1. The SMILES string of the molecule is COC1CCC(C(=O)Nc2cccc3[nH]c(C)cc23)CC1. The molecule has 1 aliphatic rings. The summed E-state index contributed by atoms with van der Waals surface area (Å²) in [5.41, 5.74) is 3.07. The maximum Gasteiger partial charge on any atom is 0.227 e. The number of amides is 1. The summed E-state index contributed by atoms with van der Waals surface area (Å²) in [5, 5.41) is 4.18. The minimum Gasteiger partial charge on any atom is -0.381 e. The van der Waals surface area contributed by atoms with Gasteiger partial charge in [-0.2, -0.15) is 0 Å². The Kier molecular flexibility index (Phi) is 3.97. The molecule has 0 aliphatic heterocycles. The van der Waals surface area contributed by atoms with Crippen LogP contribution in [0.2, 0.25) is 0 Å². The van der Waals surface area contributed by atoms with Gasteiger partial charge in [-0.25, -0.2) is 0 Å². The first-order valence-corrected chi connectivity index (χ1v) is 7.59. The molecule has 1 amide bonds. The van der Waals surface area contributed by atoms with Gasteiger partial charge < -0.3 is 15.0 Å².